The Morgan fingerprint density at radius 3 is 2.36 bits per heavy atom. The number of carbonyl (C=O) groups is 2. The molecule has 7 heteroatoms. The minimum absolute atomic E-state index is 0.00155. The fourth-order valence-electron chi connectivity index (χ4n) is 4.49. The Balaban J connectivity index is 1.40. The predicted octanol–water partition coefficient (Wildman–Crippen LogP) is 2.53. The number of pyridine rings is 1. The Hall–Kier alpha value is -2.44. The molecule has 2 aromatic heterocycles. The van der Waals surface area contributed by atoms with Crippen LogP contribution in [-0.2, 0) is 11.8 Å². The number of hydrogen-bond donors (Lipinski definition) is 0. The molecule has 0 unspecified atom stereocenters. The SMILES string of the molecule is Cc1nn(C)c2ncc(C(=O)N3CCC(C(=O)N4CCCCCC4)CC3)cc12. The van der Waals surface area contributed by atoms with Gasteiger partial charge >= 0.3 is 0 Å². The Kier molecular flexibility index (Phi) is 5.33. The molecule has 2 aliphatic rings. The molecular weight excluding hydrogens is 354 g/mol. The minimum atomic E-state index is -0.00155. The first-order valence-corrected chi connectivity index (χ1v) is 10.4. The normalized spacial score (nSPS) is 19.1. The van der Waals surface area contributed by atoms with Crippen molar-refractivity contribution in [2.45, 2.75) is 45.4 Å². The summed E-state index contributed by atoms with van der Waals surface area (Å²) in [4.78, 5) is 34.1. The van der Waals surface area contributed by atoms with Crippen molar-refractivity contribution in [2.24, 2.45) is 13.0 Å². The van der Waals surface area contributed by atoms with Gasteiger partial charge < -0.3 is 9.80 Å². The molecule has 0 atom stereocenters. The third-order valence-corrected chi connectivity index (χ3v) is 6.16. The van der Waals surface area contributed by atoms with Crippen LogP contribution >= 0.6 is 0 Å². The first kappa shape index (κ1) is 18.9. The fraction of sp³-hybridized carbons (Fsp3) is 0.619. The summed E-state index contributed by atoms with van der Waals surface area (Å²) in [7, 11) is 1.86. The third-order valence-electron chi connectivity index (χ3n) is 6.16. The van der Waals surface area contributed by atoms with E-state index < -0.39 is 0 Å². The van der Waals surface area contributed by atoms with Gasteiger partial charge in [0.05, 0.1) is 11.3 Å². The lowest BCUT2D eigenvalue weighted by Gasteiger charge is -2.34. The van der Waals surface area contributed by atoms with Gasteiger partial charge in [0.1, 0.15) is 0 Å². The van der Waals surface area contributed by atoms with Crippen molar-refractivity contribution in [1.29, 1.82) is 0 Å². The van der Waals surface area contributed by atoms with E-state index in [1.807, 2.05) is 24.9 Å². The van der Waals surface area contributed by atoms with E-state index in [0.29, 0.717) is 24.6 Å². The summed E-state index contributed by atoms with van der Waals surface area (Å²) in [5.74, 6) is 0.352. The molecule has 0 spiro atoms. The molecule has 0 aromatic carbocycles. The van der Waals surface area contributed by atoms with Crippen LogP contribution in [-0.4, -0.2) is 62.6 Å². The minimum Gasteiger partial charge on any atom is -0.342 e. The largest absolute Gasteiger partial charge is 0.342 e. The summed E-state index contributed by atoms with van der Waals surface area (Å²) in [5.41, 5.74) is 2.26. The van der Waals surface area contributed by atoms with Crippen molar-refractivity contribution in [3.8, 4) is 0 Å². The maximum atomic E-state index is 12.9. The lowest BCUT2D eigenvalue weighted by atomic mass is 9.94. The highest BCUT2D eigenvalue weighted by molar-refractivity contribution is 5.97. The number of nitrogens with zero attached hydrogens (tertiary/aromatic N) is 5. The van der Waals surface area contributed by atoms with Crippen molar-refractivity contribution < 1.29 is 9.59 Å². The number of likely N-dealkylation sites (tertiary alicyclic amines) is 2. The van der Waals surface area contributed by atoms with Crippen LogP contribution in [0.4, 0.5) is 0 Å². The second-order valence-corrected chi connectivity index (χ2v) is 8.11. The van der Waals surface area contributed by atoms with Gasteiger partial charge in [-0.2, -0.15) is 5.10 Å². The van der Waals surface area contributed by atoms with E-state index in [1.54, 1.807) is 10.9 Å². The first-order chi connectivity index (χ1) is 13.5. The highest BCUT2D eigenvalue weighted by Gasteiger charge is 2.31. The summed E-state index contributed by atoms with van der Waals surface area (Å²) in [6.07, 6.45) is 7.83. The number of fused-ring (bicyclic) bond motifs is 1. The zero-order valence-corrected chi connectivity index (χ0v) is 16.9. The molecule has 28 heavy (non-hydrogen) atoms. The molecule has 150 valence electrons. The van der Waals surface area contributed by atoms with E-state index in [9.17, 15) is 9.59 Å². The number of aromatic nitrogens is 3. The number of carbonyl (C=O) groups excluding carboxylic acids is 2. The van der Waals surface area contributed by atoms with Crippen LogP contribution < -0.4 is 0 Å². The molecule has 0 saturated carbocycles. The number of amides is 2. The average molecular weight is 383 g/mol. The zero-order valence-electron chi connectivity index (χ0n) is 16.9. The van der Waals surface area contributed by atoms with E-state index in [1.165, 1.54) is 12.8 Å². The van der Waals surface area contributed by atoms with Crippen LogP contribution in [0.5, 0.6) is 0 Å². The van der Waals surface area contributed by atoms with Gasteiger partial charge in [-0.15, -0.1) is 0 Å². The summed E-state index contributed by atoms with van der Waals surface area (Å²) in [5, 5.41) is 5.29. The van der Waals surface area contributed by atoms with Gasteiger partial charge in [-0.05, 0) is 38.7 Å². The molecule has 2 aliphatic heterocycles. The van der Waals surface area contributed by atoms with E-state index in [0.717, 1.165) is 55.5 Å². The van der Waals surface area contributed by atoms with Crippen molar-refractivity contribution in [1.82, 2.24) is 24.6 Å². The highest BCUT2D eigenvalue weighted by Crippen LogP contribution is 2.24. The quantitative estimate of drug-likeness (QED) is 0.799. The average Bonchev–Trinajstić information content (AvgIpc) is 2.90. The fourth-order valence-corrected chi connectivity index (χ4v) is 4.49. The second kappa shape index (κ2) is 7.89. The van der Waals surface area contributed by atoms with E-state index in [2.05, 4.69) is 15.0 Å². The highest BCUT2D eigenvalue weighted by atomic mass is 16.2. The second-order valence-electron chi connectivity index (χ2n) is 8.11. The molecule has 2 fully saturated rings. The molecular formula is C21H29N5O2. The molecule has 0 aliphatic carbocycles. The van der Waals surface area contributed by atoms with Crippen molar-refractivity contribution in [3.63, 3.8) is 0 Å². The smallest absolute Gasteiger partial charge is 0.255 e. The van der Waals surface area contributed by atoms with Crippen LogP contribution in [0, 0.1) is 12.8 Å². The monoisotopic (exact) mass is 383 g/mol. The number of hydrogen-bond acceptors (Lipinski definition) is 4. The maximum Gasteiger partial charge on any atom is 0.255 e. The van der Waals surface area contributed by atoms with Crippen molar-refractivity contribution >= 4 is 22.8 Å². The van der Waals surface area contributed by atoms with Gasteiger partial charge in [0.2, 0.25) is 5.91 Å². The predicted molar refractivity (Wildman–Crippen MR) is 107 cm³/mol. The van der Waals surface area contributed by atoms with Crippen LogP contribution in [0.3, 0.4) is 0 Å². The van der Waals surface area contributed by atoms with Gasteiger partial charge in [-0.25, -0.2) is 4.98 Å². The van der Waals surface area contributed by atoms with Crippen LogP contribution in [0.2, 0.25) is 0 Å². The molecule has 4 heterocycles. The summed E-state index contributed by atoms with van der Waals surface area (Å²) in [6, 6.07) is 1.89. The Bertz CT molecular complexity index is 874. The van der Waals surface area contributed by atoms with Crippen molar-refractivity contribution in [3.05, 3.63) is 23.5 Å². The lowest BCUT2D eigenvalue weighted by molar-refractivity contribution is -0.136. The molecule has 0 N–H and O–H groups in total. The van der Waals surface area contributed by atoms with Crippen LogP contribution in [0.1, 0.15) is 54.6 Å². The summed E-state index contributed by atoms with van der Waals surface area (Å²) in [6.45, 7) is 4.99. The first-order valence-electron chi connectivity index (χ1n) is 10.4. The third kappa shape index (κ3) is 3.62. The van der Waals surface area contributed by atoms with E-state index in [-0.39, 0.29) is 11.8 Å². The summed E-state index contributed by atoms with van der Waals surface area (Å²) >= 11 is 0. The van der Waals surface area contributed by atoms with Gasteiger partial charge in [0.25, 0.3) is 5.91 Å². The molecule has 4 rings (SSSR count). The van der Waals surface area contributed by atoms with Gasteiger partial charge in [0, 0.05) is 50.7 Å². The van der Waals surface area contributed by atoms with E-state index in [4.69, 9.17) is 0 Å². The summed E-state index contributed by atoms with van der Waals surface area (Å²) < 4.78 is 1.73. The maximum absolute atomic E-state index is 12.9. The number of piperidine rings is 1. The van der Waals surface area contributed by atoms with E-state index >= 15 is 0 Å². The molecule has 0 radical (unpaired) electrons. The Morgan fingerprint density at radius 2 is 1.68 bits per heavy atom. The lowest BCUT2D eigenvalue weighted by Crippen LogP contribution is -2.44. The number of rotatable bonds is 2. The molecule has 2 aromatic rings. The molecule has 0 bridgehead atoms. The van der Waals surface area contributed by atoms with Crippen LogP contribution in [0.25, 0.3) is 11.0 Å². The van der Waals surface area contributed by atoms with Gasteiger partial charge in [-0.3, -0.25) is 14.3 Å². The molecule has 2 saturated heterocycles. The van der Waals surface area contributed by atoms with Gasteiger partial charge in [-0.1, -0.05) is 12.8 Å². The number of aryl methyl sites for hydroxylation is 2. The van der Waals surface area contributed by atoms with Crippen LogP contribution in [0.15, 0.2) is 12.3 Å². The molecule has 7 nitrogen and oxygen atoms in total. The Labute approximate surface area is 165 Å². The Morgan fingerprint density at radius 1 is 1.00 bits per heavy atom. The topological polar surface area (TPSA) is 71.3 Å². The standard InChI is InChI=1S/C21H29N5O2/c1-15-18-13-17(14-22-19(18)24(2)23-15)21(28)26-11-7-16(8-12-26)20(27)25-9-5-3-4-6-10-25/h13-14,16H,3-12H2,1-2H3. The van der Waals surface area contributed by atoms with Crippen molar-refractivity contribution in [2.75, 3.05) is 26.2 Å². The van der Waals surface area contributed by atoms with Gasteiger partial charge in [0.15, 0.2) is 5.65 Å². The zero-order chi connectivity index (χ0) is 19.7. The molecule has 2 amide bonds.